The number of ether oxygens (including phenoxy) is 1. The molecular formula is C26H26ClN3O2. The molecule has 0 saturated heterocycles. The van der Waals surface area contributed by atoms with Crippen molar-refractivity contribution in [3.8, 4) is 17.0 Å². The maximum atomic E-state index is 9.49. The number of halogens is 1. The van der Waals surface area contributed by atoms with Crippen LogP contribution in [0.4, 0.5) is 0 Å². The molecule has 2 heterocycles. The van der Waals surface area contributed by atoms with Gasteiger partial charge in [0.15, 0.2) is 5.15 Å². The SMILES string of the molecule is OC[C@H]1CC[C@@H](c2nc(-c3cccc(OCc4ccccc4)c3)c3c(Cl)nccn32)CC1. The first-order chi connectivity index (χ1) is 15.7. The molecule has 1 N–H and O–H groups in total. The van der Waals surface area contributed by atoms with E-state index in [0.717, 1.165) is 59.6 Å². The Morgan fingerprint density at radius 1 is 1.03 bits per heavy atom. The van der Waals surface area contributed by atoms with Crippen LogP contribution in [-0.4, -0.2) is 26.1 Å². The van der Waals surface area contributed by atoms with Crippen molar-refractivity contribution >= 4 is 17.1 Å². The van der Waals surface area contributed by atoms with E-state index in [1.807, 2.05) is 48.7 Å². The number of fused-ring (bicyclic) bond motifs is 1. The van der Waals surface area contributed by atoms with E-state index in [-0.39, 0.29) is 6.61 Å². The molecule has 5 rings (SSSR count). The molecule has 0 radical (unpaired) electrons. The molecule has 164 valence electrons. The molecule has 5 nitrogen and oxygen atoms in total. The van der Waals surface area contributed by atoms with Crippen LogP contribution in [0, 0.1) is 5.92 Å². The van der Waals surface area contributed by atoms with Gasteiger partial charge in [0.1, 0.15) is 23.7 Å². The molecule has 32 heavy (non-hydrogen) atoms. The van der Waals surface area contributed by atoms with Gasteiger partial charge in [0.05, 0.1) is 5.69 Å². The molecule has 6 heteroatoms. The summed E-state index contributed by atoms with van der Waals surface area (Å²) < 4.78 is 8.13. The number of hydrogen-bond acceptors (Lipinski definition) is 4. The van der Waals surface area contributed by atoms with E-state index < -0.39 is 0 Å². The number of nitrogens with zero attached hydrogens (tertiary/aromatic N) is 3. The smallest absolute Gasteiger partial charge is 0.155 e. The van der Waals surface area contributed by atoms with Crippen LogP contribution in [0.5, 0.6) is 5.75 Å². The van der Waals surface area contributed by atoms with Crippen LogP contribution >= 0.6 is 11.6 Å². The van der Waals surface area contributed by atoms with E-state index in [2.05, 4.69) is 21.5 Å². The van der Waals surface area contributed by atoms with Gasteiger partial charge in [-0.3, -0.25) is 4.40 Å². The number of aromatic nitrogens is 3. The Hall–Kier alpha value is -2.89. The largest absolute Gasteiger partial charge is 0.489 e. The van der Waals surface area contributed by atoms with Crippen LogP contribution < -0.4 is 4.74 Å². The molecule has 4 aromatic rings. The number of aliphatic hydroxyl groups is 1. The summed E-state index contributed by atoms with van der Waals surface area (Å²) >= 11 is 6.55. The standard InChI is InChI=1S/C26H26ClN3O2/c27-25-24-23(21-7-4-8-22(15-21)32-17-19-5-2-1-3-6-19)29-26(30(24)14-13-28-25)20-11-9-18(16-31)10-12-20/h1-8,13-15,18,20,31H,9-12,16-17H2/t18-,20+. The second-order valence-corrected chi connectivity index (χ2v) is 8.82. The predicted octanol–water partition coefficient (Wildman–Crippen LogP) is 5.89. The van der Waals surface area contributed by atoms with Crippen molar-refractivity contribution in [2.24, 2.45) is 5.92 Å². The highest BCUT2D eigenvalue weighted by Gasteiger charge is 2.27. The molecule has 0 unspecified atom stereocenters. The van der Waals surface area contributed by atoms with Crippen molar-refractivity contribution < 1.29 is 9.84 Å². The van der Waals surface area contributed by atoms with Gasteiger partial charge in [-0.05, 0) is 49.3 Å². The van der Waals surface area contributed by atoms with Gasteiger partial charge in [-0.2, -0.15) is 0 Å². The second kappa shape index (κ2) is 9.31. The second-order valence-electron chi connectivity index (χ2n) is 8.46. The van der Waals surface area contributed by atoms with Gasteiger partial charge >= 0.3 is 0 Å². The summed E-state index contributed by atoms with van der Waals surface area (Å²) in [5.74, 6) is 2.56. The molecule has 0 aliphatic heterocycles. The first kappa shape index (κ1) is 21.0. The summed E-state index contributed by atoms with van der Waals surface area (Å²) in [6, 6.07) is 18.1. The number of rotatable bonds is 6. The Kier molecular flexibility index (Phi) is 6.10. The van der Waals surface area contributed by atoms with Crippen LogP contribution in [0.3, 0.4) is 0 Å². The highest BCUT2D eigenvalue weighted by molar-refractivity contribution is 6.33. The molecule has 1 aliphatic rings. The predicted molar refractivity (Wildman–Crippen MR) is 126 cm³/mol. The average Bonchev–Trinajstić information content (AvgIpc) is 3.25. The lowest BCUT2D eigenvalue weighted by Crippen LogP contribution is -2.17. The van der Waals surface area contributed by atoms with Gasteiger partial charge in [0.25, 0.3) is 0 Å². The monoisotopic (exact) mass is 447 g/mol. The van der Waals surface area contributed by atoms with Gasteiger partial charge < -0.3 is 9.84 Å². The zero-order valence-electron chi connectivity index (χ0n) is 17.8. The van der Waals surface area contributed by atoms with Crippen LogP contribution in [0.2, 0.25) is 5.15 Å². The van der Waals surface area contributed by atoms with Crippen molar-refractivity contribution in [3.05, 3.63) is 83.5 Å². The topological polar surface area (TPSA) is 59.7 Å². The third kappa shape index (κ3) is 4.23. The minimum absolute atomic E-state index is 0.270. The highest BCUT2D eigenvalue weighted by atomic mass is 35.5. The van der Waals surface area contributed by atoms with Gasteiger partial charge in [0, 0.05) is 30.5 Å². The molecule has 0 spiro atoms. The zero-order valence-corrected chi connectivity index (χ0v) is 18.6. The molecule has 1 saturated carbocycles. The van der Waals surface area contributed by atoms with E-state index in [0.29, 0.717) is 23.6 Å². The molecule has 2 aromatic heterocycles. The molecule has 0 bridgehead atoms. The Morgan fingerprint density at radius 2 is 1.84 bits per heavy atom. The fourth-order valence-electron chi connectivity index (χ4n) is 4.59. The van der Waals surface area contributed by atoms with E-state index in [1.54, 1.807) is 6.20 Å². The molecular weight excluding hydrogens is 422 g/mol. The maximum Gasteiger partial charge on any atom is 0.155 e. The van der Waals surface area contributed by atoms with Gasteiger partial charge in [0.2, 0.25) is 0 Å². The first-order valence-corrected chi connectivity index (χ1v) is 11.5. The Labute approximate surface area is 192 Å². The van der Waals surface area contributed by atoms with Crippen LogP contribution in [0.1, 0.15) is 43.0 Å². The van der Waals surface area contributed by atoms with Crippen molar-refractivity contribution in [1.29, 1.82) is 0 Å². The summed E-state index contributed by atoms with van der Waals surface area (Å²) in [5, 5.41) is 9.94. The fraction of sp³-hybridized carbons (Fsp3) is 0.308. The molecule has 0 amide bonds. The minimum atomic E-state index is 0.270. The minimum Gasteiger partial charge on any atom is -0.489 e. The average molecular weight is 448 g/mol. The fourth-order valence-corrected chi connectivity index (χ4v) is 4.83. The number of aliphatic hydroxyl groups excluding tert-OH is 1. The highest BCUT2D eigenvalue weighted by Crippen LogP contribution is 2.39. The van der Waals surface area contributed by atoms with Gasteiger partial charge in [-0.25, -0.2) is 9.97 Å². The third-order valence-electron chi connectivity index (χ3n) is 6.36. The summed E-state index contributed by atoms with van der Waals surface area (Å²) in [7, 11) is 0. The quantitative estimate of drug-likeness (QED) is 0.400. The molecule has 2 aromatic carbocycles. The van der Waals surface area contributed by atoms with Crippen molar-refractivity contribution in [1.82, 2.24) is 14.4 Å². The normalized spacial score (nSPS) is 18.7. The summed E-state index contributed by atoms with van der Waals surface area (Å²) in [4.78, 5) is 9.39. The van der Waals surface area contributed by atoms with Crippen LogP contribution in [0.15, 0.2) is 67.0 Å². The summed E-state index contributed by atoms with van der Waals surface area (Å²) in [6.07, 6.45) is 7.75. The van der Waals surface area contributed by atoms with Crippen molar-refractivity contribution in [2.45, 2.75) is 38.2 Å². The third-order valence-corrected chi connectivity index (χ3v) is 6.64. The number of hydrogen-bond donors (Lipinski definition) is 1. The lowest BCUT2D eigenvalue weighted by molar-refractivity contribution is 0.181. The van der Waals surface area contributed by atoms with E-state index in [9.17, 15) is 5.11 Å². The van der Waals surface area contributed by atoms with E-state index >= 15 is 0 Å². The summed E-state index contributed by atoms with van der Waals surface area (Å²) in [6.45, 7) is 0.779. The Morgan fingerprint density at radius 3 is 2.62 bits per heavy atom. The molecule has 1 aliphatic carbocycles. The van der Waals surface area contributed by atoms with E-state index in [4.69, 9.17) is 21.3 Å². The summed E-state index contributed by atoms with van der Waals surface area (Å²) in [5.41, 5.74) is 3.73. The Bertz CT molecular complexity index is 1200. The maximum absolute atomic E-state index is 9.49. The van der Waals surface area contributed by atoms with Crippen LogP contribution in [0.25, 0.3) is 16.8 Å². The molecule has 1 fully saturated rings. The van der Waals surface area contributed by atoms with Crippen molar-refractivity contribution in [2.75, 3.05) is 6.61 Å². The molecule has 0 atom stereocenters. The van der Waals surface area contributed by atoms with Crippen molar-refractivity contribution in [3.63, 3.8) is 0 Å². The van der Waals surface area contributed by atoms with Gasteiger partial charge in [-0.1, -0.05) is 54.1 Å². The zero-order chi connectivity index (χ0) is 21.9. The number of imidazole rings is 1. The number of benzene rings is 2. The first-order valence-electron chi connectivity index (χ1n) is 11.1. The Balaban J connectivity index is 1.48. The van der Waals surface area contributed by atoms with Gasteiger partial charge in [-0.15, -0.1) is 0 Å². The lowest BCUT2D eigenvalue weighted by Gasteiger charge is -2.26. The lowest BCUT2D eigenvalue weighted by atomic mass is 9.82. The van der Waals surface area contributed by atoms with Crippen LogP contribution in [-0.2, 0) is 6.61 Å². The van der Waals surface area contributed by atoms with E-state index in [1.165, 1.54) is 0 Å².